The van der Waals surface area contributed by atoms with Gasteiger partial charge < -0.3 is 20.1 Å². The average Bonchev–Trinajstić information content (AvgIpc) is 3.20. The summed E-state index contributed by atoms with van der Waals surface area (Å²) >= 11 is 0. The Bertz CT molecular complexity index is 743. The van der Waals surface area contributed by atoms with Gasteiger partial charge in [0.2, 0.25) is 5.89 Å². The number of hydrogen-bond donors (Lipinski definition) is 2. The van der Waals surface area contributed by atoms with E-state index in [0.29, 0.717) is 37.3 Å². The number of halogens is 2. The lowest BCUT2D eigenvalue weighted by Gasteiger charge is -2.21. The first-order valence-electron chi connectivity index (χ1n) is 8.02. The van der Waals surface area contributed by atoms with Crippen molar-refractivity contribution in [2.75, 3.05) is 25.0 Å². The van der Waals surface area contributed by atoms with E-state index in [-0.39, 0.29) is 11.7 Å². The van der Waals surface area contributed by atoms with Gasteiger partial charge in [0.15, 0.2) is 11.8 Å². The zero-order chi connectivity index (χ0) is 17.8. The Labute approximate surface area is 144 Å². The molecule has 1 aliphatic heterocycles. The van der Waals surface area contributed by atoms with E-state index in [4.69, 9.17) is 4.52 Å². The quantitative estimate of drug-likeness (QED) is 0.644. The van der Waals surface area contributed by atoms with Crippen molar-refractivity contribution in [3.63, 3.8) is 0 Å². The number of hydrogen-bond acceptors (Lipinski definition) is 5. The third-order valence-electron chi connectivity index (χ3n) is 3.98. The number of aromatic nitrogens is 2. The van der Waals surface area contributed by atoms with Gasteiger partial charge >= 0.3 is 0 Å². The molecule has 134 valence electrons. The summed E-state index contributed by atoms with van der Waals surface area (Å²) in [6, 6.07) is 3.93. The fourth-order valence-electron chi connectivity index (χ4n) is 2.83. The summed E-state index contributed by atoms with van der Waals surface area (Å²) in [6.07, 6.45) is 0.744. The lowest BCUT2D eigenvalue weighted by atomic mass is 10.2. The van der Waals surface area contributed by atoms with Crippen molar-refractivity contribution in [3.05, 3.63) is 41.5 Å². The van der Waals surface area contributed by atoms with E-state index < -0.39 is 11.6 Å². The molecule has 0 spiro atoms. The van der Waals surface area contributed by atoms with Gasteiger partial charge in [0.05, 0.1) is 6.54 Å². The Morgan fingerprint density at radius 2 is 2.16 bits per heavy atom. The van der Waals surface area contributed by atoms with Crippen molar-refractivity contribution in [1.82, 2.24) is 20.8 Å². The average molecular weight is 350 g/mol. The predicted molar refractivity (Wildman–Crippen MR) is 89.3 cm³/mol. The predicted octanol–water partition coefficient (Wildman–Crippen LogP) is 1.60. The van der Waals surface area contributed by atoms with Crippen molar-refractivity contribution < 1.29 is 13.3 Å². The van der Waals surface area contributed by atoms with Crippen LogP contribution in [0.2, 0.25) is 0 Å². The number of aryl methyl sites for hydroxylation is 1. The molecule has 1 aromatic heterocycles. The van der Waals surface area contributed by atoms with Gasteiger partial charge in [0, 0.05) is 26.2 Å². The third kappa shape index (κ3) is 4.04. The number of benzene rings is 1. The number of guanidine groups is 1. The van der Waals surface area contributed by atoms with E-state index in [1.165, 1.54) is 18.2 Å². The van der Waals surface area contributed by atoms with Gasteiger partial charge in [-0.1, -0.05) is 11.2 Å². The summed E-state index contributed by atoms with van der Waals surface area (Å²) in [5.41, 5.74) is 0.0241. The first-order chi connectivity index (χ1) is 12.1. The van der Waals surface area contributed by atoms with Gasteiger partial charge in [-0.3, -0.25) is 4.99 Å². The highest BCUT2D eigenvalue weighted by Crippen LogP contribution is 2.26. The molecule has 9 heteroatoms. The van der Waals surface area contributed by atoms with Crippen LogP contribution in [0.4, 0.5) is 14.5 Å². The Morgan fingerprint density at radius 1 is 1.40 bits per heavy atom. The maximum atomic E-state index is 13.9. The Kier molecular flexibility index (Phi) is 5.11. The second kappa shape index (κ2) is 7.45. The van der Waals surface area contributed by atoms with Crippen LogP contribution in [0.1, 0.15) is 18.1 Å². The molecule has 1 fully saturated rings. The first-order valence-corrected chi connectivity index (χ1v) is 8.02. The minimum atomic E-state index is -0.546. The van der Waals surface area contributed by atoms with Gasteiger partial charge in [-0.2, -0.15) is 4.98 Å². The standard InChI is InChI=1S/C16H20F2N6O/c1-10-21-14(25-23-10)8-20-16(19-2)22-11-6-7-24(9-11)15-12(17)4-3-5-13(15)18/h3-5,11H,6-9H2,1-2H3,(H2,19,20,22). The van der Waals surface area contributed by atoms with Crippen LogP contribution in [0, 0.1) is 18.6 Å². The van der Waals surface area contributed by atoms with Crippen molar-refractivity contribution in [3.8, 4) is 0 Å². The largest absolute Gasteiger partial charge is 0.365 e. The zero-order valence-electron chi connectivity index (χ0n) is 14.1. The fraction of sp³-hybridized carbons (Fsp3) is 0.438. The molecular formula is C16H20F2N6O. The molecule has 25 heavy (non-hydrogen) atoms. The normalized spacial score (nSPS) is 17.8. The lowest BCUT2D eigenvalue weighted by Crippen LogP contribution is -2.44. The number of nitrogens with zero attached hydrogens (tertiary/aromatic N) is 4. The minimum absolute atomic E-state index is 0.0228. The Morgan fingerprint density at radius 3 is 2.80 bits per heavy atom. The summed E-state index contributed by atoms with van der Waals surface area (Å²) in [4.78, 5) is 9.95. The molecule has 2 heterocycles. The van der Waals surface area contributed by atoms with Crippen molar-refractivity contribution in [2.45, 2.75) is 25.9 Å². The molecule has 1 aliphatic rings. The highest BCUT2D eigenvalue weighted by molar-refractivity contribution is 5.80. The maximum Gasteiger partial charge on any atom is 0.246 e. The molecule has 1 unspecified atom stereocenters. The fourth-order valence-corrected chi connectivity index (χ4v) is 2.83. The molecule has 1 saturated heterocycles. The van der Waals surface area contributed by atoms with Gasteiger partial charge in [-0.15, -0.1) is 0 Å². The molecule has 2 aromatic rings. The van der Waals surface area contributed by atoms with Crippen LogP contribution < -0.4 is 15.5 Å². The minimum Gasteiger partial charge on any atom is -0.365 e. The zero-order valence-corrected chi connectivity index (χ0v) is 14.1. The van der Waals surface area contributed by atoms with Crippen LogP contribution in [-0.4, -0.2) is 42.3 Å². The van der Waals surface area contributed by atoms with Crippen molar-refractivity contribution in [1.29, 1.82) is 0 Å². The molecule has 0 radical (unpaired) electrons. The molecule has 1 atom stereocenters. The highest BCUT2D eigenvalue weighted by Gasteiger charge is 2.27. The number of nitrogens with one attached hydrogen (secondary N) is 2. The van der Waals surface area contributed by atoms with Gasteiger partial charge in [0.25, 0.3) is 0 Å². The van der Waals surface area contributed by atoms with E-state index in [9.17, 15) is 8.78 Å². The number of aliphatic imine (C=N–C) groups is 1. The van der Waals surface area contributed by atoms with Crippen LogP contribution in [0.15, 0.2) is 27.7 Å². The third-order valence-corrected chi connectivity index (χ3v) is 3.98. The lowest BCUT2D eigenvalue weighted by molar-refractivity contribution is 0.371. The van der Waals surface area contributed by atoms with E-state index in [1.54, 1.807) is 18.9 Å². The molecule has 0 saturated carbocycles. The molecule has 1 aromatic carbocycles. The van der Waals surface area contributed by atoms with Crippen LogP contribution in [0.3, 0.4) is 0 Å². The van der Waals surface area contributed by atoms with Gasteiger partial charge in [0.1, 0.15) is 17.3 Å². The molecule has 3 rings (SSSR count). The van der Waals surface area contributed by atoms with E-state index >= 15 is 0 Å². The molecule has 2 N–H and O–H groups in total. The van der Waals surface area contributed by atoms with Gasteiger partial charge in [-0.25, -0.2) is 8.78 Å². The summed E-state index contributed by atoms with van der Waals surface area (Å²) in [7, 11) is 1.65. The number of para-hydroxylation sites is 1. The summed E-state index contributed by atoms with van der Waals surface area (Å²) < 4.78 is 32.8. The first kappa shape index (κ1) is 17.1. The molecule has 0 bridgehead atoms. The van der Waals surface area contributed by atoms with Crippen LogP contribution in [-0.2, 0) is 6.54 Å². The molecule has 0 amide bonds. The summed E-state index contributed by atoms with van der Waals surface area (Å²) in [5.74, 6) is 0.501. The van der Waals surface area contributed by atoms with E-state index in [2.05, 4.69) is 25.8 Å². The SMILES string of the molecule is CN=C(NCc1nc(C)no1)NC1CCN(c2c(F)cccc2F)C1. The highest BCUT2D eigenvalue weighted by atomic mass is 19.1. The smallest absolute Gasteiger partial charge is 0.246 e. The monoisotopic (exact) mass is 350 g/mol. The Balaban J connectivity index is 1.56. The maximum absolute atomic E-state index is 13.9. The van der Waals surface area contributed by atoms with E-state index in [1.807, 2.05) is 0 Å². The van der Waals surface area contributed by atoms with E-state index in [0.717, 1.165) is 6.42 Å². The number of anilines is 1. The number of rotatable bonds is 4. The topological polar surface area (TPSA) is 78.6 Å². The van der Waals surface area contributed by atoms with Crippen LogP contribution >= 0.6 is 0 Å². The molecular weight excluding hydrogens is 330 g/mol. The summed E-state index contributed by atoms with van der Waals surface area (Å²) in [6.45, 7) is 3.14. The summed E-state index contributed by atoms with van der Waals surface area (Å²) in [5, 5.41) is 10.0. The van der Waals surface area contributed by atoms with Gasteiger partial charge in [-0.05, 0) is 25.5 Å². The van der Waals surface area contributed by atoms with Crippen molar-refractivity contribution in [2.24, 2.45) is 4.99 Å². The Hall–Kier alpha value is -2.71. The van der Waals surface area contributed by atoms with Crippen LogP contribution in [0.25, 0.3) is 0 Å². The second-order valence-electron chi connectivity index (χ2n) is 5.81. The van der Waals surface area contributed by atoms with Crippen LogP contribution in [0.5, 0.6) is 0 Å². The second-order valence-corrected chi connectivity index (χ2v) is 5.81. The molecule has 7 nitrogen and oxygen atoms in total. The van der Waals surface area contributed by atoms with Crippen molar-refractivity contribution >= 4 is 11.6 Å². The molecule has 0 aliphatic carbocycles.